The monoisotopic (exact) mass is 284 g/mol. The number of hydrogen-bond acceptors (Lipinski definition) is 4. The molecule has 0 spiro atoms. The number of thioether (sulfide) groups is 1. The van der Waals surface area contributed by atoms with Crippen molar-refractivity contribution in [2.45, 2.75) is 0 Å². The lowest BCUT2D eigenvalue weighted by Crippen LogP contribution is -2.20. The highest BCUT2D eigenvalue weighted by atomic mass is 32.2. The van der Waals surface area contributed by atoms with Gasteiger partial charge in [0.05, 0.1) is 12.2 Å². The summed E-state index contributed by atoms with van der Waals surface area (Å²) in [7, 11) is 0. The second kappa shape index (κ2) is 4.25. The van der Waals surface area contributed by atoms with Gasteiger partial charge in [0.25, 0.3) is 0 Å². The minimum atomic E-state index is 0.899. The molecule has 1 aromatic carbocycles. The fourth-order valence-corrected chi connectivity index (χ4v) is 4.56. The predicted molar refractivity (Wildman–Crippen MR) is 85.5 cm³/mol. The Labute approximate surface area is 120 Å². The van der Waals surface area contributed by atoms with Crippen molar-refractivity contribution in [3.63, 3.8) is 0 Å². The molecule has 1 aromatic heterocycles. The lowest BCUT2D eigenvalue weighted by Gasteiger charge is -2.17. The van der Waals surface area contributed by atoms with Crippen LogP contribution in [-0.2, 0) is 0 Å². The second-order valence-electron chi connectivity index (χ2n) is 4.48. The van der Waals surface area contributed by atoms with E-state index in [2.05, 4.69) is 46.1 Å². The summed E-state index contributed by atoms with van der Waals surface area (Å²) in [5.74, 6) is 0. The number of thiophene rings is 1. The molecule has 0 N–H and O–H groups in total. The van der Waals surface area contributed by atoms with Crippen LogP contribution in [0.3, 0.4) is 0 Å². The fraction of sp³-hybridized carbons (Fsp3) is 0.133. The highest BCUT2D eigenvalue weighted by Gasteiger charge is 2.32. The lowest BCUT2D eigenvalue weighted by molar-refractivity contribution is 0.649. The molecule has 4 rings (SSSR count). The molecule has 2 aliphatic rings. The molecule has 4 heteroatoms. The van der Waals surface area contributed by atoms with E-state index in [9.17, 15) is 0 Å². The second-order valence-corrected chi connectivity index (χ2v) is 6.40. The number of fused-ring (bicyclic) bond motifs is 2. The molecule has 0 saturated heterocycles. The average molecular weight is 284 g/mol. The van der Waals surface area contributed by atoms with Crippen molar-refractivity contribution in [2.75, 3.05) is 13.1 Å². The molecule has 94 valence electrons. The smallest absolute Gasteiger partial charge is 0.168 e. The van der Waals surface area contributed by atoms with Crippen LogP contribution in [-0.4, -0.2) is 23.2 Å². The van der Waals surface area contributed by atoms with Crippen molar-refractivity contribution >= 4 is 44.0 Å². The van der Waals surface area contributed by atoms with Gasteiger partial charge >= 0.3 is 0 Å². The van der Waals surface area contributed by atoms with Gasteiger partial charge < -0.3 is 4.90 Å². The van der Waals surface area contributed by atoms with E-state index in [0.717, 1.165) is 18.3 Å². The number of rotatable bonds is 2. The van der Waals surface area contributed by atoms with Crippen LogP contribution in [0.4, 0.5) is 0 Å². The zero-order chi connectivity index (χ0) is 12.8. The summed E-state index contributed by atoms with van der Waals surface area (Å²) in [4.78, 5) is 8.11. The van der Waals surface area contributed by atoms with Gasteiger partial charge in [-0.15, -0.1) is 11.3 Å². The maximum absolute atomic E-state index is 4.56. The van der Waals surface area contributed by atoms with Gasteiger partial charge in [-0.3, -0.25) is 4.99 Å². The maximum atomic E-state index is 4.56. The van der Waals surface area contributed by atoms with Crippen molar-refractivity contribution in [3.8, 4) is 0 Å². The Bertz CT molecular complexity index is 739. The first kappa shape index (κ1) is 11.3. The van der Waals surface area contributed by atoms with Crippen molar-refractivity contribution < 1.29 is 0 Å². The van der Waals surface area contributed by atoms with Crippen molar-refractivity contribution in [3.05, 3.63) is 52.8 Å². The van der Waals surface area contributed by atoms with E-state index < -0.39 is 0 Å². The number of amidine groups is 1. The normalized spacial score (nSPS) is 18.1. The number of hydrogen-bond donors (Lipinski definition) is 0. The van der Waals surface area contributed by atoms with E-state index >= 15 is 0 Å². The van der Waals surface area contributed by atoms with Gasteiger partial charge in [-0.2, -0.15) is 0 Å². The minimum Gasteiger partial charge on any atom is -0.317 e. The minimum absolute atomic E-state index is 0.899. The van der Waals surface area contributed by atoms with Gasteiger partial charge in [0.15, 0.2) is 5.17 Å². The van der Waals surface area contributed by atoms with E-state index in [1.54, 1.807) is 23.1 Å². The molecule has 0 saturated carbocycles. The fourth-order valence-electron chi connectivity index (χ4n) is 2.60. The van der Waals surface area contributed by atoms with Crippen molar-refractivity contribution in [1.29, 1.82) is 0 Å². The third-order valence-electron chi connectivity index (χ3n) is 3.43. The molecular formula is C15H12N2S2. The van der Waals surface area contributed by atoms with Crippen LogP contribution in [0.1, 0.15) is 5.56 Å². The molecule has 0 radical (unpaired) electrons. The van der Waals surface area contributed by atoms with E-state index in [4.69, 9.17) is 0 Å². The predicted octanol–water partition coefficient (Wildman–Crippen LogP) is 4.17. The topological polar surface area (TPSA) is 15.6 Å². The lowest BCUT2D eigenvalue weighted by atomic mass is 10.1. The van der Waals surface area contributed by atoms with Gasteiger partial charge in [-0.1, -0.05) is 30.9 Å². The number of aliphatic imine (C=N–C) groups is 1. The summed E-state index contributed by atoms with van der Waals surface area (Å²) in [5, 5.41) is 4.59. The van der Waals surface area contributed by atoms with Crippen LogP contribution in [0, 0.1) is 0 Å². The van der Waals surface area contributed by atoms with Crippen LogP contribution in [0.5, 0.6) is 0 Å². The van der Waals surface area contributed by atoms with Gasteiger partial charge in [0.1, 0.15) is 0 Å². The Balaban J connectivity index is 1.97. The molecule has 3 heterocycles. The van der Waals surface area contributed by atoms with Crippen LogP contribution >= 0.6 is 23.1 Å². The Morgan fingerprint density at radius 3 is 3.16 bits per heavy atom. The SMILES string of the molecule is C=CC1=C(c2cccc3ccsc23)N2CCN=C2S1. The Kier molecular flexibility index (Phi) is 2.53. The summed E-state index contributed by atoms with van der Waals surface area (Å²) in [6.45, 7) is 5.84. The van der Waals surface area contributed by atoms with E-state index in [-0.39, 0.29) is 0 Å². The molecule has 0 aliphatic carbocycles. The molecule has 0 fully saturated rings. The first-order valence-corrected chi connectivity index (χ1v) is 7.91. The van der Waals surface area contributed by atoms with Crippen LogP contribution in [0.15, 0.2) is 52.2 Å². The number of benzene rings is 1. The first-order valence-electron chi connectivity index (χ1n) is 6.21. The quantitative estimate of drug-likeness (QED) is 0.822. The molecule has 2 aliphatic heterocycles. The zero-order valence-electron chi connectivity index (χ0n) is 10.3. The Morgan fingerprint density at radius 1 is 1.32 bits per heavy atom. The van der Waals surface area contributed by atoms with E-state index in [1.807, 2.05) is 6.08 Å². The maximum Gasteiger partial charge on any atom is 0.168 e. The van der Waals surface area contributed by atoms with Gasteiger partial charge in [0, 0.05) is 21.7 Å². The van der Waals surface area contributed by atoms with Crippen LogP contribution < -0.4 is 0 Å². The summed E-state index contributed by atoms with van der Waals surface area (Å²) in [6, 6.07) is 8.69. The highest BCUT2D eigenvalue weighted by molar-refractivity contribution is 8.17. The first-order chi connectivity index (χ1) is 9.38. The third kappa shape index (κ3) is 1.60. The van der Waals surface area contributed by atoms with Crippen molar-refractivity contribution in [1.82, 2.24) is 4.90 Å². The van der Waals surface area contributed by atoms with Gasteiger partial charge in [-0.25, -0.2) is 0 Å². The zero-order valence-corrected chi connectivity index (χ0v) is 11.9. The molecule has 0 unspecified atom stereocenters. The Morgan fingerprint density at radius 2 is 2.26 bits per heavy atom. The number of allylic oxidation sites excluding steroid dienone is 1. The molecule has 19 heavy (non-hydrogen) atoms. The summed E-state index contributed by atoms with van der Waals surface area (Å²) in [6.07, 6.45) is 1.95. The average Bonchev–Trinajstić information content (AvgIpc) is 3.12. The van der Waals surface area contributed by atoms with Crippen LogP contribution in [0.25, 0.3) is 15.8 Å². The summed E-state index contributed by atoms with van der Waals surface area (Å²) in [5.41, 5.74) is 2.59. The third-order valence-corrected chi connectivity index (χ3v) is 5.50. The van der Waals surface area contributed by atoms with Crippen LogP contribution in [0.2, 0.25) is 0 Å². The summed E-state index contributed by atoms with van der Waals surface area (Å²) < 4.78 is 1.35. The molecule has 0 atom stereocenters. The summed E-state index contributed by atoms with van der Waals surface area (Å²) >= 11 is 3.54. The Hall–Kier alpha value is -1.52. The van der Waals surface area contributed by atoms with Gasteiger partial charge in [-0.05, 0) is 28.6 Å². The van der Waals surface area contributed by atoms with E-state index in [0.29, 0.717) is 0 Å². The molecule has 2 nitrogen and oxygen atoms in total. The van der Waals surface area contributed by atoms with Gasteiger partial charge in [0.2, 0.25) is 0 Å². The highest BCUT2D eigenvalue weighted by Crippen LogP contribution is 2.44. The standard InChI is InChI=1S/C15H12N2S2/c1-2-12-13(17-8-7-16-15(17)19-12)11-5-3-4-10-6-9-18-14(10)11/h2-6,9H,1,7-8H2. The molecule has 0 bridgehead atoms. The molecule has 2 aromatic rings. The molecular weight excluding hydrogens is 272 g/mol. The van der Waals surface area contributed by atoms with Crippen molar-refractivity contribution in [2.24, 2.45) is 4.99 Å². The molecule has 0 amide bonds. The number of nitrogens with zero attached hydrogens (tertiary/aromatic N) is 2. The van der Waals surface area contributed by atoms with E-state index in [1.165, 1.54) is 26.3 Å². The largest absolute Gasteiger partial charge is 0.317 e.